The first-order chi connectivity index (χ1) is 12.0. The van der Waals surface area contributed by atoms with Crippen LogP contribution in [0.25, 0.3) is 0 Å². The third-order valence-corrected chi connectivity index (χ3v) is 5.81. The minimum absolute atomic E-state index is 0.209. The van der Waals surface area contributed by atoms with Gasteiger partial charge in [0.25, 0.3) is 10.0 Å². The first-order valence-corrected chi connectivity index (χ1v) is 10.2. The molecule has 0 radical (unpaired) electrons. The summed E-state index contributed by atoms with van der Waals surface area (Å²) >= 11 is 0. The monoisotopic (exact) mass is 360 g/mol. The lowest BCUT2D eigenvalue weighted by Crippen LogP contribution is -2.19. The fourth-order valence-electron chi connectivity index (χ4n) is 3.01. The molecular formula is C18H24N4O2S. The van der Waals surface area contributed by atoms with E-state index in [0.717, 1.165) is 18.4 Å². The zero-order valence-corrected chi connectivity index (χ0v) is 15.2. The van der Waals surface area contributed by atoms with Crippen LogP contribution in [0.5, 0.6) is 0 Å². The quantitative estimate of drug-likeness (QED) is 0.794. The highest BCUT2D eigenvalue weighted by Gasteiger charge is 2.16. The molecule has 1 saturated carbocycles. The van der Waals surface area contributed by atoms with Gasteiger partial charge in [-0.25, -0.2) is 8.42 Å². The molecule has 7 heteroatoms. The number of aryl methyl sites for hydroxylation is 1. The third-order valence-electron chi connectivity index (χ3n) is 4.44. The van der Waals surface area contributed by atoms with E-state index in [4.69, 9.17) is 0 Å². The van der Waals surface area contributed by atoms with Crippen LogP contribution in [-0.4, -0.2) is 24.7 Å². The van der Waals surface area contributed by atoms with Gasteiger partial charge in [-0.15, -0.1) is 10.2 Å². The van der Waals surface area contributed by atoms with E-state index in [-0.39, 0.29) is 10.7 Å². The number of nitrogens with one attached hydrogen (secondary N) is 2. The number of anilines is 2. The summed E-state index contributed by atoms with van der Waals surface area (Å²) in [6.45, 7) is 1.91. The Hall–Kier alpha value is -2.15. The Kier molecular flexibility index (Phi) is 5.53. The number of nitrogens with zero attached hydrogens (tertiary/aromatic N) is 2. The molecule has 1 fully saturated rings. The molecule has 134 valence electrons. The first kappa shape index (κ1) is 17.7. The molecule has 2 N–H and O–H groups in total. The van der Waals surface area contributed by atoms with Crippen molar-refractivity contribution in [3.05, 3.63) is 42.0 Å². The lowest BCUT2D eigenvalue weighted by molar-refractivity contribution is 0.600. The van der Waals surface area contributed by atoms with Gasteiger partial charge in [-0.05, 0) is 44.0 Å². The van der Waals surface area contributed by atoms with Crippen LogP contribution < -0.4 is 10.0 Å². The van der Waals surface area contributed by atoms with Gasteiger partial charge in [0.15, 0.2) is 5.82 Å². The highest BCUT2D eigenvalue weighted by atomic mass is 32.2. The van der Waals surface area contributed by atoms with Crippen LogP contribution >= 0.6 is 0 Å². The second-order valence-electron chi connectivity index (χ2n) is 6.56. The summed E-state index contributed by atoms with van der Waals surface area (Å²) in [5.74, 6) is 0.900. The second-order valence-corrected chi connectivity index (χ2v) is 8.24. The highest BCUT2D eigenvalue weighted by molar-refractivity contribution is 7.92. The van der Waals surface area contributed by atoms with E-state index in [1.54, 1.807) is 36.4 Å². The van der Waals surface area contributed by atoms with E-state index in [9.17, 15) is 8.42 Å². The molecule has 0 atom stereocenters. The summed E-state index contributed by atoms with van der Waals surface area (Å²) in [5, 5.41) is 11.5. The second kappa shape index (κ2) is 7.82. The smallest absolute Gasteiger partial charge is 0.263 e. The van der Waals surface area contributed by atoms with Crippen LogP contribution in [-0.2, 0) is 10.0 Å². The summed E-state index contributed by atoms with van der Waals surface area (Å²) < 4.78 is 27.2. The van der Waals surface area contributed by atoms with Crippen molar-refractivity contribution in [3.63, 3.8) is 0 Å². The maximum absolute atomic E-state index is 12.4. The van der Waals surface area contributed by atoms with Gasteiger partial charge in [0.05, 0.1) is 4.90 Å². The molecule has 25 heavy (non-hydrogen) atoms. The van der Waals surface area contributed by atoms with Crippen LogP contribution in [0.15, 0.2) is 41.3 Å². The molecule has 6 nitrogen and oxygen atoms in total. The number of rotatable bonds is 5. The average Bonchev–Trinajstić information content (AvgIpc) is 2.85. The molecule has 1 aromatic carbocycles. The summed E-state index contributed by atoms with van der Waals surface area (Å²) in [5.41, 5.74) is 1.01. The highest BCUT2D eigenvalue weighted by Crippen LogP contribution is 2.21. The average molecular weight is 360 g/mol. The Balaban J connectivity index is 1.64. The van der Waals surface area contributed by atoms with Gasteiger partial charge in [0.2, 0.25) is 0 Å². The van der Waals surface area contributed by atoms with E-state index in [1.165, 1.54) is 25.7 Å². The first-order valence-electron chi connectivity index (χ1n) is 8.73. The summed E-state index contributed by atoms with van der Waals surface area (Å²) in [6, 6.07) is 10.5. The minimum Gasteiger partial charge on any atom is -0.366 e. The lowest BCUT2D eigenvalue weighted by Gasteiger charge is -2.16. The largest absolute Gasteiger partial charge is 0.366 e. The van der Waals surface area contributed by atoms with E-state index < -0.39 is 10.0 Å². The number of benzene rings is 1. The van der Waals surface area contributed by atoms with Crippen molar-refractivity contribution in [1.29, 1.82) is 0 Å². The third kappa shape index (κ3) is 4.92. The van der Waals surface area contributed by atoms with Crippen molar-refractivity contribution in [1.82, 2.24) is 10.2 Å². The molecule has 0 saturated heterocycles. The van der Waals surface area contributed by atoms with Gasteiger partial charge in [-0.3, -0.25) is 4.72 Å². The topological polar surface area (TPSA) is 84.0 Å². The van der Waals surface area contributed by atoms with Crippen molar-refractivity contribution < 1.29 is 8.42 Å². The van der Waals surface area contributed by atoms with Crippen LogP contribution in [0.2, 0.25) is 0 Å². The lowest BCUT2D eigenvalue weighted by atomic mass is 10.1. The fourth-order valence-corrected chi connectivity index (χ4v) is 4.01. The zero-order valence-electron chi connectivity index (χ0n) is 14.4. The number of aromatic nitrogens is 2. The molecule has 2 aromatic rings. The van der Waals surface area contributed by atoms with Crippen molar-refractivity contribution >= 4 is 21.7 Å². The van der Waals surface area contributed by atoms with Gasteiger partial charge >= 0.3 is 0 Å². The van der Waals surface area contributed by atoms with E-state index >= 15 is 0 Å². The van der Waals surface area contributed by atoms with E-state index in [0.29, 0.717) is 11.9 Å². The van der Waals surface area contributed by atoms with Gasteiger partial charge < -0.3 is 5.32 Å². The van der Waals surface area contributed by atoms with Crippen molar-refractivity contribution in [2.45, 2.75) is 56.4 Å². The predicted octanol–water partition coefficient (Wildman–Crippen LogP) is 3.72. The van der Waals surface area contributed by atoms with Crippen LogP contribution in [0.1, 0.15) is 44.1 Å². The molecule has 0 spiro atoms. The number of sulfonamides is 1. The fraction of sp³-hybridized carbons (Fsp3) is 0.444. The van der Waals surface area contributed by atoms with Gasteiger partial charge in [0.1, 0.15) is 5.82 Å². The number of hydrogen-bond donors (Lipinski definition) is 2. The number of hydrogen-bond acceptors (Lipinski definition) is 5. The zero-order chi connectivity index (χ0) is 17.7. The van der Waals surface area contributed by atoms with Gasteiger partial charge in [-0.1, -0.05) is 43.4 Å². The molecular weight excluding hydrogens is 336 g/mol. The Bertz CT molecular complexity index is 781. The molecule has 0 bridgehead atoms. The molecule has 3 rings (SSSR count). The summed E-state index contributed by atoms with van der Waals surface area (Å²) in [7, 11) is -3.65. The van der Waals surface area contributed by atoms with Crippen LogP contribution in [0.4, 0.5) is 11.6 Å². The molecule has 0 amide bonds. The summed E-state index contributed by atoms with van der Waals surface area (Å²) in [4.78, 5) is 0.209. The van der Waals surface area contributed by atoms with Gasteiger partial charge in [-0.2, -0.15) is 0 Å². The molecule has 1 heterocycles. The van der Waals surface area contributed by atoms with Gasteiger partial charge in [0, 0.05) is 6.04 Å². The Labute approximate surface area is 149 Å². The maximum Gasteiger partial charge on any atom is 0.263 e. The van der Waals surface area contributed by atoms with Crippen molar-refractivity contribution in [2.75, 3.05) is 10.0 Å². The Morgan fingerprint density at radius 2 is 1.48 bits per heavy atom. The minimum atomic E-state index is -3.65. The standard InChI is InChI=1S/C18H24N4O2S/c1-14-8-10-16(11-9-14)25(23,24)22-18-13-12-17(20-21-18)19-15-6-4-2-3-5-7-15/h8-13,15H,2-7H2,1H3,(H,19,20)(H,21,22). The Morgan fingerprint density at radius 3 is 2.08 bits per heavy atom. The van der Waals surface area contributed by atoms with Crippen LogP contribution in [0.3, 0.4) is 0 Å². The summed E-state index contributed by atoms with van der Waals surface area (Å²) in [6.07, 6.45) is 7.35. The van der Waals surface area contributed by atoms with Crippen molar-refractivity contribution in [3.8, 4) is 0 Å². The maximum atomic E-state index is 12.4. The van der Waals surface area contributed by atoms with Crippen molar-refractivity contribution in [2.24, 2.45) is 0 Å². The molecule has 0 aliphatic heterocycles. The SMILES string of the molecule is Cc1ccc(S(=O)(=O)Nc2ccc(NC3CCCCCC3)nn2)cc1. The molecule has 1 aliphatic carbocycles. The molecule has 0 unspecified atom stereocenters. The van der Waals surface area contributed by atoms with E-state index in [1.807, 2.05) is 6.92 Å². The van der Waals surface area contributed by atoms with E-state index in [2.05, 4.69) is 20.2 Å². The molecule has 1 aliphatic rings. The van der Waals surface area contributed by atoms with Crippen LogP contribution in [0, 0.1) is 6.92 Å². The Morgan fingerprint density at radius 1 is 0.880 bits per heavy atom. The normalized spacial score (nSPS) is 16.2. The predicted molar refractivity (Wildman–Crippen MR) is 99.1 cm³/mol. The molecule has 1 aromatic heterocycles.